The number of aryl methyl sites for hydroxylation is 2. The molecule has 0 saturated carbocycles. The highest BCUT2D eigenvalue weighted by Crippen LogP contribution is 2.24. The second-order valence-corrected chi connectivity index (χ2v) is 5.53. The van der Waals surface area contributed by atoms with Crippen molar-refractivity contribution >= 4 is 0 Å². The molecule has 2 aromatic rings. The van der Waals surface area contributed by atoms with E-state index in [0.29, 0.717) is 5.89 Å². The molecule has 0 amide bonds. The van der Waals surface area contributed by atoms with E-state index in [1.807, 2.05) is 0 Å². The van der Waals surface area contributed by atoms with Crippen molar-refractivity contribution in [1.82, 2.24) is 20.4 Å². The number of rotatable bonds is 2. The number of likely N-dealkylation sites (N-methyl/N-ethyl adjacent to an activating group) is 1. The smallest absolute Gasteiger partial charge is 0.257 e. The Kier molecular flexibility index (Phi) is 3.54. The Hall–Kier alpha value is -1.72. The fraction of sp³-hybridized carbons (Fsp3) is 0.467. The largest absolute Gasteiger partial charge is 0.334 e. The predicted molar refractivity (Wildman–Crippen MR) is 77.4 cm³/mol. The molecule has 0 radical (unpaired) electrons. The lowest BCUT2D eigenvalue weighted by Crippen LogP contribution is -2.44. The van der Waals surface area contributed by atoms with E-state index in [4.69, 9.17) is 4.52 Å². The van der Waals surface area contributed by atoms with Crippen molar-refractivity contribution in [2.75, 3.05) is 26.7 Å². The molecular formula is C15H20N4O. The van der Waals surface area contributed by atoms with Gasteiger partial charge in [0.25, 0.3) is 5.89 Å². The third-order valence-electron chi connectivity index (χ3n) is 3.72. The average Bonchev–Trinajstić information content (AvgIpc) is 2.87. The van der Waals surface area contributed by atoms with Gasteiger partial charge in [-0.3, -0.25) is 4.90 Å². The summed E-state index contributed by atoms with van der Waals surface area (Å²) in [6.45, 7) is 7.02. The van der Waals surface area contributed by atoms with Crippen LogP contribution in [0.25, 0.3) is 11.5 Å². The third-order valence-corrected chi connectivity index (χ3v) is 3.72. The fourth-order valence-corrected chi connectivity index (χ4v) is 2.68. The summed E-state index contributed by atoms with van der Waals surface area (Å²) < 4.78 is 5.45. The number of benzene rings is 1. The summed E-state index contributed by atoms with van der Waals surface area (Å²) >= 11 is 0. The summed E-state index contributed by atoms with van der Waals surface area (Å²) in [5.74, 6) is 1.36. The van der Waals surface area contributed by atoms with Gasteiger partial charge in [-0.25, -0.2) is 0 Å². The maximum atomic E-state index is 5.45. The highest BCUT2D eigenvalue weighted by atomic mass is 16.5. The lowest BCUT2D eigenvalue weighted by Gasteiger charge is -2.30. The summed E-state index contributed by atoms with van der Waals surface area (Å²) in [6.07, 6.45) is 0. The van der Waals surface area contributed by atoms with E-state index in [1.165, 1.54) is 11.1 Å². The molecular weight excluding hydrogens is 252 g/mol. The quantitative estimate of drug-likeness (QED) is 0.905. The minimum Gasteiger partial charge on any atom is -0.334 e. The van der Waals surface area contributed by atoms with Crippen molar-refractivity contribution in [1.29, 1.82) is 0 Å². The Morgan fingerprint density at radius 1 is 1.25 bits per heavy atom. The van der Waals surface area contributed by atoms with Gasteiger partial charge in [-0.15, -0.1) is 0 Å². The van der Waals surface area contributed by atoms with Crippen molar-refractivity contribution in [3.8, 4) is 11.5 Å². The Labute approximate surface area is 119 Å². The lowest BCUT2D eigenvalue weighted by atomic mass is 10.1. The van der Waals surface area contributed by atoms with Crippen molar-refractivity contribution in [2.24, 2.45) is 0 Å². The maximum Gasteiger partial charge on any atom is 0.257 e. The van der Waals surface area contributed by atoms with E-state index >= 15 is 0 Å². The first-order chi connectivity index (χ1) is 9.63. The zero-order valence-corrected chi connectivity index (χ0v) is 12.2. The third kappa shape index (κ3) is 2.59. The molecule has 1 fully saturated rings. The van der Waals surface area contributed by atoms with Crippen LogP contribution < -0.4 is 5.32 Å². The topological polar surface area (TPSA) is 54.2 Å². The zero-order valence-electron chi connectivity index (χ0n) is 12.2. The molecule has 20 heavy (non-hydrogen) atoms. The molecule has 0 bridgehead atoms. The maximum absolute atomic E-state index is 5.45. The first-order valence-electron chi connectivity index (χ1n) is 6.97. The summed E-state index contributed by atoms with van der Waals surface area (Å²) in [6, 6.07) is 6.48. The Balaban J connectivity index is 1.89. The van der Waals surface area contributed by atoms with E-state index in [0.717, 1.165) is 31.0 Å². The number of hydrogen-bond donors (Lipinski definition) is 1. The monoisotopic (exact) mass is 272 g/mol. The molecule has 1 saturated heterocycles. The summed E-state index contributed by atoms with van der Waals surface area (Å²) in [4.78, 5) is 6.83. The molecule has 1 aliphatic heterocycles. The van der Waals surface area contributed by atoms with Crippen LogP contribution in [0.15, 0.2) is 22.7 Å². The van der Waals surface area contributed by atoms with Gasteiger partial charge in [0, 0.05) is 25.2 Å². The molecule has 0 aliphatic carbocycles. The van der Waals surface area contributed by atoms with Crippen molar-refractivity contribution < 1.29 is 4.52 Å². The highest BCUT2D eigenvalue weighted by molar-refractivity contribution is 5.55. The second-order valence-electron chi connectivity index (χ2n) is 5.53. The van der Waals surface area contributed by atoms with Crippen molar-refractivity contribution in [2.45, 2.75) is 19.9 Å². The molecule has 0 spiro atoms. The Morgan fingerprint density at radius 2 is 2.00 bits per heavy atom. The SMILES string of the molecule is Cc1cc(C)cc(-c2nc(C3CNCCN3C)no2)c1. The van der Waals surface area contributed by atoms with Crippen molar-refractivity contribution in [3.05, 3.63) is 35.2 Å². The molecule has 1 unspecified atom stereocenters. The first-order valence-corrected chi connectivity index (χ1v) is 6.97. The lowest BCUT2D eigenvalue weighted by molar-refractivity contribution is 0.190. The van der Waals surface area contributed by atoms with E-state index in [2.05, 4.69) is 59.5 Å². The number of aromatic nitrogens is 2. The van der Waals surface area contributed by atoms with Crippen molar-refractivity contribution in [3.63, 3.8) is 0 Å². The van der Waals surface area contributed by atoms with Gasteiger partial charge in [0.2, 0.25) is 0 Å². The van der Waals surface area contributed by atoms with Crippen LogP contribution in [0.2, 0.25) is 0 Å². The van der Waals surface area contributed by atoms with E-state index in [9.17, 15) is 0 Å². The number of piperazine rings is 1. The molecule has 1 atom stereocenters. The molecule has 1 aromatic carbocycles. The first kappa shape index (κ1) is 13.3. The fourth-order valence-electron chi connectivity index (χ4n) is 2.68. The highest BCUT2D eigenvalue weighted by Gasteiger charge is 2.25. The van der Waals surface area contributed by atoms with Gasteiger partial charge in [0.1, 0.15) is 0 Å². The van der Waals surface area contributed by atoms with Crippen LogP contribution in [-0.4, -0.2) is 41.7 Å². The number of nitrogens with one attached hydrogen (secondary N) is 1. The number of hydrogen-bond acceptors (Lipinski definition) is 5. The minimum absolute atomic E-state index is 0.187. The van der Waals surface area contributed by atoms with E-state index in [1.54, 1.807) is 0 Å². The molecule has 106 valence electrons. The molecule has 5 heteroatoms. The van der Waals surface area contributed by atoms with Crippen LogP contribution in [0, 0.1) is 13.8 Å². The normalized spacial score (nSPS) is 20.2. The standard InChI is InChI=1S/C15H20N4O/c1-10-6-11(2)8-12(7-10)15-17-14(18-20-15)13-9-16-4-5-19(13)3/h6-8,13,16H,4-5,9H2,1-3H3. The van der Waals surface area contributed by atoms with Gasteiger partial charge < -0.3 is 9.84 Å². The van der Waals surface area contributed by atoms with Gasteiger partial charge in [-0.1, -0.05) is 22.3 Å². The van der Waals surface area contributed by atoms with Crippen LogP contribution in [0.5, 0.6) is 0 Å². The van der Waals surface area contributed by atoms with E-state index < -0.39 is 0 Å². The van der Waals surface area contributed by atoms with Crippen LogP contribution in [0.4, 0.5) is 0 Å². The van der Waals surface area contributed by atoms with Crippen LogP contribution in [0.1, 0.15) is 23.0 Å². The summed E-state index contributed by atoms with van der Waals surface area (Å²) in [7, 11) is 2.10. The zero-order chi connectivity index (χ0) is 14.1. The molecule has 2 heterocycles. The van der Waals surface area contributed by atoms with Gasteiger partial charge in [-0.2, -0.15) is 4.98 Å². The van der Waals surface area contributed by atoms with Gasteiger partial charge in [0.15, 0.2) is 5.82 Å². The summed E-state index contributed by atoms with van der Waals surface area (Å²) in [5, 5.41) is 7.53. The minimum atomic E-state index is 0.187. The average molecular weight is 272 g/mol. The van der Waals surface area contributed by atoms with E-state index in [-0.39, 0.29) is 6.04 Å². The Bertz CT molecular complexity index is 587. The van der Waals surface area contributed by atoms with Crippen LogP contribution in [-0.2, 0) is 0 Å². The van der Waals surface area contributed by atoms with Crippen LogP contribution in [0.3, 0.4) is 0 Å². The molecule has 3 rings (SSSR count). The molecule has 1 aromatic heterocycles. The molecule has 1 N–H and O–H groups in total. The summed E-state index contributed by atoms with van der Waals surface area (Å²) in [5.41, 5.74) is 3.40. The number of nitrogens with zero attached hydrogens (tertiary/aromatic N) is 3. The van der Waals surface area contributed by atoms with Crippen LogP contribution >= 0.6 is 0 Å². The van der Waals surface area contributed by atoms with Gasteiger partial charge in [-0.05, 0) is 33.0 Å². The molecule has 5 nitrogen and oxygen atoms in total. The second kappa shape index (κ2) is 5.34. The Morgan fingerprint density at radius 3 is 2.70 bits per heavy atom. The predicted octanol–water partition coefficient (Wildman–Crippen LogP) is 1.93. The van der Waals surface area contributed by atoms with Gasteiger partial charge >= 0.3 is 0 Å². The van der Waals surface area contributed by atoms with Gasteiger partial charge in [0.05, 0.1) is 6.04 Å². The molecule has 1 aliphatic rings.